The van der Waals surface area contributed by atoms with Crippen molar-refractivity contribution in [1.29, 1.82) is 0 Å². The summed E-state index contributed by atoms with van der Waals surface area (Å²) in [6.45, 7) is 1.63. The Morgan fingerprint density at radius 1 is 1.71 bits per heavy atom. The van der Waals surface area contributed by atoms with Gasteiger partial charge in [-0.1, -0.05) is 0 Å². The Labute approximate surface area is 48.5 Å². The van der Waals surface area contributed by atoms with Crippen molar-refractivity contribution in [1.82, 2.24) is 5.32 Å². The molecule has 2 atom stereocenters. The molecule has 0 aromatic heterocycles. The van der Waals surface area contributed by atoms with Crippen LogP contribution in [0.15, 0.2) is 0 Å². The fraction of sp³-hybridized carbons (Fsp3) is 1.00. The lowest BCUT2D eigenvalue weighted by molar-refractivity contribution is 0.180. The van der Waals surface area contributed by atoms with Crippen LogP contribution < -0.4 is 5.32 Å². The summed E-state index contributed by atoms with van der Waals surface area (Å²) >= 11 is 5.44. The van der Waals surface area contributed by atoms with Gasteiger partial charge in [0.2, 0.25) is 0 Å². The number of hydrogen-bond donors (Lipinski definition) is 2. The van der Waals surface area contributed by atoms with E-state index in [0.29, 0.717) is 0 Å². The summed E-state index contributed by atoms with van der Waals surface area (Å²) in [5.41, 5.74) is -0.319. The Hall–Kier alpha value is 0.210. The van der Waals surface area contributed by atoms with E-state index in [1.165, 1.54) is 0 Å². The molecular weight excluding hydrogens is 114 g/mol. The zero-order valence-corrected chi connectivity index (χ0v) is 5.24. The highest BCUT2D eigenvalue weighted by Crippen LogP contribution is 1.94. The molecule has 0 aliphatic rings. The van der Waals surface area contributed by atoms with E-state index in [1.54, 1.807) is 14.0 Å². The van der Waals surface area contributed by atoms with Crippen LogP contribution in [-0.4, -0.2) is 23.8 Å². The maximum absolute atomic E-state index is 8.63. The van der Waals surface area contributed by atoms with Crippen LogP contribution >= 0.6 is 11.6 Å². The first-order valence-corrected chi connectivity index (χ1v) is 2.61. The molecule has 0 saturated carbocycles. The van der Waals surface area contributed by atoms with Crippen molar-refractivity contribution >= 4 is 11.6 Å². The zero-order chi connectivity index (χ0) is 5.86. The molecular formula is C4H10ClNO. The van der Waals surface area contributed by atoms with E-state index < -0.39 is 6.10 Å². The van der Waals surface area contributed by atoms with Crippen molar-refractivity contribution in [2.45, 2.75) is 18.5 Å². The van der Waals surface area contributed by atoms with Crippen molar-refractivity contribution in [3.63, 3.8) is 0 Å². The van der Waals surface area contributed by atoms with Crippen LogP contribution in [0.4, 0.5) is 0 Å². The summed E-state index contributed by atoms with van der Waals surface area (Å²) in [6, 6.07) is 0. The maximum Gasteiger partial charge on any atom is 0.108 e. The molecule has 0 radical (unpaired) electrons. The van der Waals surface area contributed by atoms with Crippen LogP contribution in [0.2, 0.25) is 0 Å². The van der Waals surface area contributed by atoms with Gasteiger partial charge in [-0.25, -0.2) is 0 Å². The molecule has 0 spiro atoms. The minimum absolute atomic E-state index is 0.319. The van der Waals surface area contributed by atoms with E-state index in [2.05, 4.69) is 5.32 Å². The monoisotopic (exact) mass is 123 g/mol. The van der Waals surface area contributed by atoms with Gasteiger partial charge in [0, 0.05) is 0 Å². The molecule has 0 aliphatic heterocycles. The lowest BCUT2D eigenvalue weighted by atomic mass is 10.4. The lowest BCUT2D eigenvalue weighted by Crippen LogP contribution is -2.29. The van der Waals surface area contributed by atoms with Gasteiger partial charge in [-0.15, -0.1) is 11.6 Å². The van der Waals surface area contributed by atoms with E-state index >= 15 is 0 Å². The SMILES string of the molecule is CNC(Cl)C(C)O. The van der Waals surface area contributed by atoms with E-state index in [9.17, 15) is 0 Å². The molecule has 0 bridgehead atoms. The van der Waals surface area contributed by atoms with Crippen LogP contribution in [0.3, 0.4) is 0 Å². The van der Waals surface area contributed by atoms with Crippen LogP contribution in [0.25, 0.3) is 0 Å². The molecule has 3 heteroatoms. The summed E-state index contributed by atoms with van der Waals surface area (Å²) in [4.78, 5) is 0. The summed E-state index contributed by atoms with van der Waals surface area (Å²) in [5, 5.41) is 11.3. The minimum atomic E-state index is -0.480. The minimum Gasteiger partial charge on any atom is -0.390 e. The van der Waals surface area contributed by atoms with Crippen LogP contribution in [0, 0.1) is 0 Å². The number of nitrogens with one attached hydrogen (secondary N) is 1. The van der Waals surface area contributed by atoms with Crippen molar-refractivity contribution < 1.29 is 5.11 Å². The van der Waals surface area contributed by atoms with Gasteiger partial charge in [0.15, 0.2) is 0 Å². The lowest BCUT2D eigenvalue weighted by Gasteiger charge is -2.08. The Kier molecular flexibility index (Phi) is 3.34. The highest BCUT2D eigenvalue weighted by atomic mass is 35.5. The van der Waals surface area contributed by atoms with Gasteiger partial charge in [0.1, 0.15) is 5.50 Å². The molecule has 0 aromatic carbocycles. The fourth-order valence-corrected chi connectivity index (χ4v) is 0.241. The van der Waals surface area contributed by atoms with Gasteiger partial charge in [-0.3, -0.25) is 0 Å². The maximum atomic E-state index is 8.63. The first kappa shape index (κ1) is 7.21. The summed E-state index contributed by atoms with van der Waals surface area (Å²) in [6.07, 6.45) is -0.480. The molecule has 2 unspecified atom stereocenters. The first-order valence-electron chi connectivity index (χ1n) is 2.18. The predicted octanol–water partition coefficient (Wildman–Crippen LogP) is 0.151. The van der Waals surface area contributed by atoms with Gasteiger partial charge in [-0.2, -0.15) is 0 Å². The largest absolute Gasteiger partial charge is 0.390 e. The molecule has 0 fully saturated rings. The topological polar surface area (TPSA) is 32.3 Å². The average molecular weight is 124 g/mol. The van der Waals surface area contributed by atoms with E-state index in [1.807, 2.05) is 0 Å². The molecule has 0 rings (SSSR count). The molecule has 44 valence electrons. The number of likely N-dealkylation sites (N-methyl/N-ethyl adjacent to an activating group) is 1. The quantitative estimate of drug-likeness (QED) is 0.405. The Bertz CT molecular complexity index is 49.0. The predicted molar refractivity (Wildman–Crippen MR) is 30.4 cm³/mol. The van der Waals surface area contributed by atoms with Crippen molar-refractivity contribution in [3.05, 3.63) is 0 Å². The number of aliphatic hydroxyl groups excluding tert-OH is 1. The van der Waals surface area contributed by atoms with Gasteiger partial charge in [0.25, 0.3) is 0 Å². The van der Waals surface area contributed by atoms with E-state index in [-0.39, 0.29) is 5.50 Å². The number of hydrogen-bond acceptors (Lipinski definition) is 2. The molecule has 0 aromatic rings. The van der Waals surface area contributed by atoms with E-state index in [0.717, 1.165) is 0 Å². The average Bonchev–Trinajstić information content (AvgIpc) is 1.65. The summed E-state index contributed by atoms with van der Waals surface area (Å²) in [7, 11) is 1.70. The number of aliphatic hydroxyl groups is 1. The van der Waals surface area contributed by atoms with Crippen LogP contribution in [0.5, 0.6) is 0 Å². The highest BCUT2D eigenvalue weighted by Gasteiger charge is 2.05. The molecule has 0 saturated heterocycles. The van der Waals surface area contributed by atoms with Crippen LogP contribution in [0.1, 0.15) is 6.92 Å². The molecule has 0 aliphatic carbocycles. The number of halogens is 1. The van der Waals surface area contributed by atoms with Gasteiger partial charge >= 0.3 is 0 Å². The first-order chi connectivity index (χ1) is 3.18. The Morgan fingerprint density at radius 3 is 2.14 bits per heavy atom. The zero-order valence-electron chi connectivity index (χ0n) is 4.48. The second kappa shape index (κ2) is 3.24. The third kappa shape index (κ3) is 2.85. The number of alkyl halides is 1. The van der Waals surface area contributed by atoms with Crippen LogP contribution in [-0.2, 0) is 0 Å². The smallest absolute Gasteiger partial charge is 0.108 e. The van der Waals surface area contributed by atoms with Crippen molar-refractivity contribution in [3.8, 4) is 0 Å². The molecule has 2 nitrogen and oxygen atoms in total. The van der Waals surface area contributed by atoms with Gasteiger partial charge in [0.05, 0.1) is 6.10 Å². The van der Waals surface area contributed by atoms with Crippen molar-refractivity contribution in [2.75, 3.05) is 7.05 Å². The second-order valence-corrected chi connectivity index (χ2v) is 1.90. The fourth-order valence-electron chi connectivity index (χ4n) is 0.241. The Balaban J connectivity index is 3.14. The summed E-state index contributed by atoms with van der Waals surface area (Å²) in [5.74, 6) is 0. The molecule has 2 N–H and O–H groups in total. The van der Waals surface area contributed by atoms with Gasteiger partial charge in [-0.05, 0) is 14.0 Å². The standard InChI is InChI=1S/C4H10ClNO/c1-3(7)4(5)6-2/h3-4,6-7H,1-2H3. The molecule has 0 amide bonds. The molecule has 7 heavy (non-hydrogen) atoms. The number of rotatable bonds is 2. The Morgan fingerprint density at radius 2 is 2.14 bits per heavy atom. The normalized spacial score (nSPS) is 18.9. The van der Waals surface area contributed by atoms with Crippen molar-refractivity contribution in [2.24, 2.45) is 0 Å². The van der Waals surface area contributed by atoms with Gasteiger partial charge < -0.3 is 10.4 Å². The molecule has 0 heterocycles. The second-order valence-electron chi connectivity index (χ2n) is 1.43. The van der Waals surface area contributed by atoms with E-state index in [4.69, 9.17) is 16.7 Å². The third-order valence-corrected chi connectivity index (χ3v) is 1.28. The highest BCUT2D eigenvalue weighted by molar-refractivity contribution is 6.20. The third-order valence-electron chi connectivity index (χ3n) is 0.699. The summed E-state index contributed by atoms with van der Waals surface area (Å²) < 4.78 is 0.